The molecule has 6 heteroatoms. The van der Waals surface area contributed by atoms with Crippen LogP contribution in [0.4, 0.5) is 11.4 Å². The van der Waals surface area contributed by atoms with Gasteiger partial charge >= 0.3 is 5.97 Å². The summed E-state index contributed by atoms with van der Waals surface area (Å²) in [6.07, 6.45) is -0.950. The quantitative estimate of drug-likeness (QED) is 0.543. The van der Waals surface area contributed by atoms with E-state index in [1.807, 2.05) is 72.8 Å². The standard InChI is InChI=1S/C25H25NO5/c1-2-29-25(28)22(27)17-18-11-13-19(14-12-18)30-16-15-26-20-7-3-5-9-23(20)31-24-10-6-4-8-21(24)26/h3-14,22,27H,2,15-17H2,1H3. The van der Waals surface area contributed by atoms with Gasteiger partial charge in [-0.15, -0.1) is 0 Å². The number of anilines is 2. The van der Waals surface area contributed by atoms with Crippen LogP contribution < -0.4 is 14.4 Å². The lowest BCUT2D eigenvalue weighted by Crippen LogP contribution is -2.26. The van der Waals surface area contributed by atoms with Crippen LogP contribution in [0.2, 0.25) is 0 Å². The molecule has 4 rings (SSSR count). The number of hydrogen-bond acceptors (Lipinski definition) is 6. The van der Waals surface area contributed by atoms with Crippen molar-refractivity contribution in [1.82, 2.24) is 0 Å². The zero-order valence-electron chi connectivity index (χ0n) is 17.4. The fourth-order valence-corrected chi connectivity index (χ4v) is 3.54. The summed E-state index contributed by atoms with van der Waals surface area (Å²) in [6, 6.07) is 23.3. The molecule has 3 aromatic rings. The molecular formula is C25H25NO5. The molecule has 1 aliphatic heterocycles. The first-order valence-corrected chi connectivity index (χ1v) is 10.4. The van der Waals surface area contributed by atoms with Gasteiger partial charge in [0.25, 0.3) is 0 Å². The molecule has 1 N–H and O–H groups in total. The van der Waals surface area contributed by atoms with E-state index in [2.05, 4.69) is 4.90 Å². The summed E-state index contributed by atoms with van der Waals surface area (Å²) < 4.78 is 16.8. The lowest BCUT2D eigenvalue weighted by Gasteiger charge is -2.32. The van der Waals surface area contributed by atoms with Crippen LogP contribution in [0.25, 0.3) is 0 Å². The molecule has 0 spiro atoms. The van der Waals surface area contributed by atoms with Crippen LogP contribution in [0.3, 0.4) is 0 Å². The van der Waals surface area contributed by atoms with Crippen LogP contribution in [0, 0.1) is 0 Å². The molecule has 0 fully saturated rings. The Balaban J connectivity index is 1.37. The Morgan fingerprint density at radius 2 is 1.58 bits per heavy atom. The molecule has 0 aromatic heterocycles. The van der Waals surface area contributed by atoms with Crippen molar-refractivity contribution in [1.29, 1.82) is 0 Å². The van der Waals surface area contributed by atoms with Crippen molar-refractivity contribution in [2.24, 2.45) is 0 Å². The van der Waals surface area contributed by atoms with Crippen LogP contribution in [0.1, 0.15) is 12.5 Å². The van der Waals surface area contributed by atoms with Crippen LogP contribution in [-0.4, -0.2) is 36.9 Å². The lowest BCUT2D eigenvalue weighted by atomic mass is 10.1. The molecule has 1 aliphatic rings. The number of esters is 1. The van der Waals surface area contributed by atoms with E-state index in [-0.39, 0.29) is 13.0 Å². The topological polar surface area (TPSA) is 68.2 Å². The molecule has 0 aliphatic carbocycles. The van der Waals surface area contributed by atoms with E-state index in [4.69, 9.17) is 14.2 Å². The van der Waals surface area contributed by atoms with E-state index in [0.717, 1.165) is 34.2 Å². The van der Waals surface area contributed by atoms with E-state index in [0.29, 0.717) is 13.2 Å². The number of nitrogens with zero attached hydrogens (tertiary/aromatic N) is 1. The van der Waals surface area contributed by atoms with Crippen LogP contribution >= 0.6 is 0 Å². The minimum atomic E-state index is -1.16. The van der Waals surface area contributed by atoms with Gasteiger partial charge in [-0.2, -0.15) is 0 Å². The van der Waals surface area contributed by atoms with Crippen molar-refractivity contribution in [2.75, 3.05) is 24.7 Å². The highest BCUT2D eigenvalue weighted by Gasteiger charge is 2.23. The molecule has 0 amide bonds. The fraction of sp³-hybridized carbons (Fsp3) is 0.240. The number of ether oxygens (including phenoxy) is 3. The van der Waals surface area contributed by atoms with E-state index in [1.54, 1.807) is 6.92 Å². The number of benzene rings is 3. The molecule has 1 atom stereocenters. The number of aliphatic hydroxyl groups is 1. The predicted molar refractivity (Wildman–Crippen MR) is 118 cm³/mol. The number of carbonyl (C=O) groups excluding carboxylic acids is 1. The normalized spacial score (nSPS) is 12.9. The molecule has 31 heavy (non-hydrogen) atoms. The van der Waals surface area contributed by atoms with Crippen molar-refractivity contribution < 1.29 is 24.1 Å². The van der Waals surface area contributed by atoms with E-state index in [1.165, 1.54) is 0 Å². The van der Waals surface area contributed by atoms with Gasteiger partial charge in [-0.3, -0.25) is 0 Å². The minimum absolute atomic E-state index is 0.209. The molecule has 0 radical (unpaired) electrons. The molecule has 160 valence electrons. The number of carbonyl (C=O) groups is 1. The van der Waals surface area contributed by atoms with Gasteiger partial charge in [0.15, 0.2) is 17.6 Å². The Labute approximate surface area is 181 Å². The summed E-state index contributed by atoms with van der Waals surface area (Å²) in [6.45, 7) is 3.10. The average Bonchev–Trinajstić information content (AvgIpc) is 2.80. The molecule has 0 saturated heterocycles. The number of fused-ring (bicyclic) bond motifs is 2. The highest BCUT2D eigenvalue weighted by Crippen LogP contribution is 2.45. The first kappa shape index (κ1) is 20.8. The van der Waals surface area contributed by atoms with Gasteiger partial charge in [0, 0.05) is 6.42 Å². The summed E-state index contributed by atoms with van der Waals surface area (Å²) in [5, 5.41) is 9.90. The highest BCUT2D eigenvalue weighted by molar-refractivity contribution is 5.77. The van der Waals surface area contributed by atoms with Crippen molar-refractivity contribution in [3.63, 3.8) is 0 Å². The van der Waals surface area contributed by atoms with E-state index < -0.39 is 12.1 Å². The second-order valence-corrected chi connectivity index (χ2v) is 7.15. The smallest absolute Gasteiger partial charge is 0.335 e. The van der Waals surface area contributed by atoms with Gasteiger partial charge in [-0.1, -0.05) is 36.4 Å². The molecule has 1 heterocycles. The number of hydrogen-bond donors (Lipinski definition) is 1. The molecule has 1 unspecified atom stereocenters. The third-order valence-corrected chi connectivity index (χ3v) is 5.03. The summed E-state index contributed by atoms with van der Waals surface area (Å²) in [4.78, 5) is 13.8. The zero-order valence-corrected chi connectivity index (χ0v) is 17.4. The van der Waals surface area contributed by atoms with Crippen molar-refractivity contribution >= 4 is 17.3 Å². The predicted octanol–water partition coefficient (Wildman–Crippen LogP) is 4.48. The maximum Gasteiger partial charge on any atom is 0.335 e. The summed E-state index contributed by atoms with van der Waals surface area (Å²) >= 11 is 0. The van der Waals surface area contributed by atoms with E-state index in [9.17, 15) is 9.90 Å². The van der Waals surface area contributed by atoms with Crippen molar-refractivity contribution in [3.8, 4) is 17.2 Å². The van der Waals surface area contributed by atoms with Crippen molar-refractivity contribution in [2.45, 2.75) is 19.4 Å². The number of para-hydroxylation sites is 4. The zero-order chi connectivity index (χ0) is 21.6. The van der Waals surface area contributed by atoms with Gasteiger partial charge < -0.3 is 24.2 Å². The molecule has 0 saturated carbocycles. The Morgan fingerprint density at radius 3 is 2.19 bits per heavy atom. The third kappa shape index (κ3) is 4.81. The number of aliphatic hydroxyl groups excluding tert-OH is 1. The first-order chi connectivity index (χ1) is 15.2. The maximum absolute atomic E-state index is 11.6. The highest BCUT2D eigenvalue weighted by atomic mass is 16.5. The Kier molecular flexibility index (Phi) is 6.38. The average molecular weight is 419 g/mol. The van der Waals surface area contributed by atoms with Gasteiger partial charge in [-0.05, 0) is 48.9 Å². The van der Waals surface area contributed by atoms with Crippen LogP contribution in [0.5, 0.6) is 17.2 Å². The van der Waals surface area contributed by atoms with Gasteiger partial charge in [0.05, 0.1) is 24.5 Å². The Hall–Kier alpha value is -3.51. The fourth-order valence-electron chi connectivity index (χ4n) is 3.54. The van der Waals surface area contributed by atoms with Crippen LogP contribution in [0.15, 0.2) is 72.8 Å². The summed E-state index contributed by atoms with van der Waals surface area (Å²) in [5.74, 6) is 1.77. The van der Waals surface area contributed by atoms with Gasteiger partial charge in [-0.25, -0.2) is 4.79 Å². The second kappa shape index (κ2) is 9.53. The largest absolute Gasteiger partial charge is 0.492 e. The molecular weight excluding hydrogens is 394 g/mol. The number of rotatable bonds is 8. The Morgan fingerprint density at radius 1 is 0.968 bits per heavy atom. The minimum Gasteiger partial charge on any atom is -0.492 e. The van der Waals surface area contributed by atoms with Gasteiger partial charge in [0.1, 0.15) is 12.4 Å². The first-order valence-electron chi connectivity index (χ1n) is 10.4. The Bertz CT molecular complexity index is 989. The molecule has 6 nitrogen and oxygen atoms in total. The third-order valence-electron chi connectivity index (χ3n) is 5.03. The van der Waals surface area contributed by atoms with Gasteiger partial charge in [0.2, 0.25) is 0 Å². The maximum atomic E-state index is 11.6. The molecule has 0 bridgehead atoms. The van der Waals surface area contributed by atoms with Crippen LogP contribution in [-0.2, 0) is 16.0 Å². The summed E-state index contributed by atoms with van der Waals surface area (Å²) in [7, 11) is 0. The van der Waals surface area contributed by atoms with Crippen molar-refractivity contribution in [3.05, 3.63) is 78.4 Å². The monoisotopic (exact) mass is 419 g/mol. The molecule has 3 aromatic carbocycles. The SMILES string of the molecule is CCOC(=O)C(O)Cc1ccc(OCCN2c3ccccc3Oc3ccccc32)cc1. The van der Waals surface area contributed by atoms with E-state index >= 15 is 0 Å². The second-order valence-electron chi connectivity index (χ2n) is 7.15. The summed E-state index contributed by atoms with van der Waals surface area (Å²) in [5.41, 5.74) is 2.85. The lowest BCUT2D eigenvalue weighted by molar-refractivity contribution is -0.152.